The van der Waals surface area contributed by atoms with Crippen LogP contribution in [-0.2, 0) is 4.79 Å². The number of amides is 1. The van der Waals surface area contributed by atoms with Gasteiger partial charge in [0.25, 0.3) is 0 Å². The van der Waals surface area contributed by atoms with Crippen molar-refractivity contribution in [2.75, 3.05) is 4.90 Å². The first-order valence-corrected chi connectivity index (χ1v) is 12.5. The molecule has 1 heterocycles. The highest BCUT2D eigenvalue weighted by atomic mass is 19.1. The van der Waals surface area contributed by atoms with Crippen molar-refractivity contribution in [3.8, 4) is 16.9 Å². The van der Waals surface area contributed by atoms with Crippen LogP contribution in [0, 0.1) is 11.7 Å². The van der Waals surface area contributed by atoms with E-state index in [1.807, 2.05) is 60.7 Å². The molecule has 1 amide bonds. The van der Waals surface area contributed by atoms with Crippen molar-refractivity contribution >= 4 is 18.9 Å². The Balaban J connectivity index is 1.37. The van der Waals surface area contributed by atoms with Gasteiger partial charge in [0.2, 0.25) is 5.91 Å². The number of hydrogen-bond acceptors (Lipinski definition) is 5. The van der Waals surface area contributed by atoms with Crippen LogP contribution in [0.1, 0.15) is 36.1 Å². The Morgan fingerprint density at radius 1 is 0.868 bits per heavy atom. The largest absolute Gasteiger partial charge is 0.707 e. The number of aliphatic hydroxyl groups excluding tert-OH is 1. The monoisotopic (exact) mass is 511 g/mol. The van der Waals surface area contributed by atoms with Crippen molar-refractivity contribution in [1.82, 2.24) is 0 Å². The van der Waals surface area contributed by atoms with Crippen molar-refractivity contribution in [3.05, 3.63) is 120 Å². The van der Waals surface area contributed by atoms with Gasteiger partial charge in [-0.15, -0.1) is 0 Å². The zero-order chi connectivity index (χ0) is 26.6. The van der Waals surface area contributed by atoms with E-state index >= 15 is 0 Å². The van der Waals surface area contributed by atoms with E-state index < -0.39 is 13.4 Å². The summed E-state index contributed by atoms with van der Waals surface area (Å²) in [5, 5.41) is 28.8. The highest BCUT2D eigenvalue weighted by molar-refractivity contribution is 6.33. The molecule has 1 aliphatic rings. The van der Waals surface area contributed by atoms with Crippen LogP contribution < -0.4 is 9.55 Å². The van der Waals surface area contributed by atoms with Crippen LogP contribution in [0.3, 0.4) is 0 Å². The van der Waals surface area contributed by atoms with Gasteiger partial charge in [0.05, 0.1) is 18.1 Å². The standard InChI is InChI=1S/C30H27BFNO5/c32-24-15-13-21(14-16-24)28(34)18-17-27-29(33(30(27)35)25-6-2-1-3-7-25)22-11-9-20(10-12-22)23-5-4-8-26(19-23)38-31(36)37/h1-16,19,27-29,34,36-37H,17-18H2/t27-,28+,29-/m1/s1. The van der Waals surface area contributed by atoms with Gasteiger partial charge in [-0.2, -0.15) is 0 Å². The maximum atomic E-state index is 13.3. The van der Waals surface area contributed by atoms with Gasteiger partial charge in [-0.3, -0.25) is 4.79 Å². The quantitative estimate of drug-likeness (QED) is 0.216. The van der Waals surface area contributed by atoms with E-state index in [2.05, 4.69) is 0 Å². The normalized spacial score (nSPS) is 17.6. The number of carbonyl (C=O) groups is 1. The Morgan fingerprint density at radius 2 is 1.58 bits per heavy atom. The lowest BCUT2D eigenvalue weighted by molar-refractivity contribution is -0.131. The van der Waals surface area contributed by atoms with Crippen molar-refractivity contribution in [3.63, 3.8) is 0 Å². The van der Waals surface area contributed by atoms with Crippen molar-refractivity contribution in [1.29, 1.82) is 0 Å². The minimum Gasteiger partial charge on any atom is -0.512 e. The molecule has 0 spiro atoms. The van der Waals surface area contributed by atoms with Crippen molar-refractivity contribution in [2.24, 2.45) is 5.92 Å². The number of anilines is 1. The Kier molecular flexibility index (Phi) is 7.56. The lowest BCUT2D eigenvalue weighted by atomic mass is 9.78. The zero-order valence-corrected chi connectivity index (χ0v) is 20.5. The molecule has 1 saturated heterocycles. The molecule has 4 aromatic carbocycles. The molecule has 0 aromatic heterocycles. The molecule has 1 fully saturated rings. The molecule has 0 saturated carbocycles. The molecule has 0 bridgehead atoms. The van der Waals surface area contributed by atoms with Crippen LogP contribution >= 0.6 is 0 Å². The van der Waals surface area contributed by atoms with Crippen LogP contribution in [-0.4, -0.2) is 28.4 Å². The van der Waals surface area contributed by atoms with Gasteiger partial charge in [-0.25, -0.2) is 4.39 Å². The predicted molar refractivity (Wildman–Crippen MR) is 143 cm³/mol. The van der Waals surface area contributed by atoms with Gasteiger partial charge >= 0.3 is 7.32 Å². The fraction of sp³-hybridized carbons (Fsp3) is 0.167. The lowest BCUT2D eigenvalue weighted by Crippen LogP contribution is -2.55. The topological polar surface area (TPSA) is 90.2 Å². The second-order valence-corrected chi connectivity index (χ2v) is 9.33. The molecule has 4 aromatic rings. The van der Waals surface area contributed by atoms with E-state index in [9.17, 15) is 14.3 Å². The Morgan fingerprint density at radius 3 is 2.26 bits per heavy atom. The summed E-state index contributed by atoms with van der Waals surface area (Å²) in [7, 11) is -1.90. The molecule has 0 aliphatic carbocycles. The zero-order valence-electron chi connectivity index (χ0n) is 20.5. The van der Waals surface area contributed by atoms with Crippen LogP contribution in [0.5, 0.6) is 5.75 Å². The van der Waals surface area contributed by atoms with Crippen molar-refractivity contribution in [2.45, 2.75) is 25.0 Å². The summed E-state index contributed by atoms with van der Waals surface area (Å²) in [6.45, 7) is 0. The predicted octanol–water partition coefficient (Wildman–Crippen LogP) is 5.06. The van der Waals surface area contributed by atoms with E-state index in [0.29, 0.717) is 24.2 Å². The number of halogens is 1. The van der Waals surface area contributed by atoms with Crippen LogP contribution in [0.25, 0.3) is 11.1 Å². The van der Waals surface area contributed by atoms with Gasteiger partial charge in [0.1, 0.15) is 11.6 Å². The Hall–Kier alpha value is -3.98. The minimum absolute atomic E-state index is 0.00370. The SMILES string of the molecule is O=C1[C@H](CC[C@H](O)c2ccc(F)cc2)[C@@H](c2ccc(-c3cccc(OB(O)O)c3)cc2)N1c1ccccc1. The lowest BCUT2D eigenvalue weighted by Gasteiger charge is -2.48. The number of hydrogen-bond donors (Lipinski definition) is 3. The van der Waals surface area contributed by atoms with E-state index in [1.54, 1.807) is 35.2 Å². The number of benzene rings is 4. The second-order valence-electron chi connectivity index (χ2n) is 9.33. The molecular formula is C30H27BFNO5. The van der Waals surface area contributed by atoms with Gasteiger partial charge in [0, 0.05) is 5.69 Å². The highest BCUT2D eigenvalue weighted by Gasteiger charge is 2.48. The molecule has 6 nitrogen and oxygen atoms in total. The summed E-state index contributed by atoms with van der Waals surface area (Å²) >= 11 is 0. The minimum atomic E-state index is -1.90. The van der Waals surface area contributed by atoms with Gasteiger partial charge < -0.3 is 24.7 Å². The summed E-state index contributed by atoms with van der Waals surface area (Å²) < 4.78 is 18.2. The molecule has 1 aliphatic heterocycles. The molecule has 3 atom stereocenters. The molecule has 5 rings (SSSR count). The third kappa shape index (κ3) is 5.48. The summed E-state index contributed by atoms with van der Waals surface area (Å²) in [5.41, 5.74) is 4.16. The molecule has 192 valence electrons. The number of carbonyl (C=O) groups excluding carboxylic acids is 1. The average Bonchev–Trinajstić information content (AvgIpc) is 2.92. The summed E-state index contributed by atoms with van der Waals surface area (Å²) in [6, 6.07) is 30.0. The average molecular weight is 511 g/mol. The summed E-state index contributed by atoms with van der Waals surface area (Å²) in [5.74, 6) is -0.327. The number of nitrogens with zero attached hydrogens (tertiary/aromatic N) is 1. The first kappa shape index (κ1) is 25.7. The first-order chi connectivity index (χ1) is 18.4. The smallest absolute Gasteiger partial charge is 0.512 e. The van der Waals surface area contributed by atoms with Crippen LogP contribution in [0.4, 0.5) is 10.1 Å². The molecule has 38 heavy (non-hydrogen) atoms. The van der Waals surface area contributed by atoms with Gasteiger partial charge in [-0.1, -0.05) is 66.7 Å². The third-order valence-electron chi connectivity index (χ3n) is 6.92. The Labute approximate surface area is 220 Å². The fourth-order valence-electron chi connectivity index (χ4n) is 5.02. The van der Waals surface area contributed by atoms with Crippen LogP contribution in [0.2, 0.25) is 0 Å². The van der Waals surface area contributed by atoms with E-state index in [-0.39, 0.29) is 23.7 Å². The molecule has 8 heteroatoms. The number of aliphatic hydroxyl groups is 1. The number of β-lactam (4-membered cyclic amide) rings is 1. The highest BCUT2D eigenvalue weighted by Crippen LogP contribution is 2.46. The fourth-order valence-corrected chi connectivity index (χ4v) is 5.02. The first-order valence-electron chi connectivity index (χ1n) is 12.5. The van der Waals surface area contributed by atoms with Gasteiger partial charge in [-0.05, 0) is 71.5 Å². The molecule has 0 radical (unpaired) electrons. The number of rotatable bonds is 9. The maximum Gasteiger partial charge on any atom is 0.707 e. The van der Waals surface area contributed by atoms with E-state index in [4.69, 9.17) is 14.7 Å². The third-order valence-corrected chi connectivity index (χ3v) is 6.92. The summed E-state index contributed by atoms with van der Waals surface area (Å²) in [4.78, 5) is 15.1. The van der Waals surface area contributed by atoms with E-state index in [0.717, 1.165) is 22.4 Å². The molecular weight excluding hydrogens is 484 g/mol. The van der Waals surface area contributed by atoms with Crippen molar-refractivity contribution < 1.29 is 29.0 Å². The maximum absolute atomic E-state index is 13.3. The molecule has 0 unspecified atom stereocenters. The van der Waals surface area contributed by atoms with E-state index in [1.165, 1.54) is 12.1 Å². The Bertz CT molecular complexity index is 1380. The molecule has 3 N–H and O–H groups in total. The number of para-hydroxylation sites is 1. The van der Waals surface area contributed by atoms with Gasteiger partial charge in [0.15, 0.2) is 0 Å². The summed E-state index contributed by atoms with van der Waals surface area (Å²) in [6.07, 6.45) is 0.0720. The van der Waals surface area contributed by atoms with Crippen LogP contribution in [0.15, 0.2) is 103 Å². The second kappa shape index (κ2) is 11.2.